The summed E-state index contributed by atoms with van der Waals surface area (Å²) in [5.74, 6) is -0.116. The highest BCUT2D eigenvalue weighted by Gasteiger charge is 2.35. The van der Waals surface area contributed by atoms with Crippen LogP contribution >= 0.6 is 23.1 Å². The van der Waals surface area contributed by atoms with E-state index in [0.717, 1.165) is 9.90 Å². The first kappa shape index (κ1) is 18.5. The fraction of sp³-hybridized carbons (Fsp3) is 0.400. The quantitative estimate of drug-likeness (QED) is 0.748. The molecule has 1 amide bonds. The Hall–Kier alpha value is -1.86. The molecule has 2 aromatic rings. The van der Waals surface area contributed by atoms with E-state index in [0.29, 0.717) is 43.0 Å². The van der Waals surface area contributed by atoms with Crippen molar-refractivity contribution >= 4 is 40.5 Å². The second kappa shape index (κ2) is 6.95. The molecule has 0 unspecified atom stereocenters. The molecule has 7 heteroatoms. The van der Waals surface area contributed by atoms with E-state index in [4.69, 9.17) is 0 Å². The van der Waals surface area contributed by atoms with Crippen LogP contribution in [0.3, 0.4) is 0 Å². The van der Waals surface area contributed by atoms with Crippen LogP contribution in [0.1, 0.15) is 40.3 Å². The van der Waals surface area contributed by atoms with Gasteiger partial charge < -0.3 is 9.80 Å². The second-order valence-corrected chi connectivity index (χ2v) is 10.6. The van der Waals surface area contributed by atoms with E-state index in [2.05, 4.69) is 18.7 Å². The van der Waals surface area contributed by atoms with Crippen molar-refractivity contribution in [3.63, 3.8) is 0 Å². The Morgan fingerprint density at radius 2 is 1.78 bits per heavy atom. The van der Waals surface area contributed by atoms with E-state index >= 15 is 0 Å². The average molecular weight is 405 g/mol. The van der Waals surface area contributed by atoms with E-state index in [-0.39, 0.29) is 22.3 Å². The van der Waals surface area contributed by atoms with Gasteiger partial charge in [-0.1, -0.05) is 0 Å². The number of halogens is 1. The third-order valence-electron chi connectivity index (χ3n) is 4.92. The molecule has 2 aliphatic rings. The summed E-state index contributed by atoms with van der Waals surface area (Å²) in [5, 5.41) is 0. The highest BCUT2D eigenvalue weighted by Crippen LogP contribution is 2.46. The molecular formula is C20H21FN2O2S2. The molecule has 1 aromatic heterocycles. The molecule has 0 radical (unpaired) electrons. The van der Waals surface area contributed by atoms with Crippen LogP contribution in [0.25, 0.3) is 0 Å². The van der Waals surface area contributed by atoms with Crippen molar-refractivity contribution in [2.75, 3.05) is 31.1 Å². The molecule has 142 valence electrons. The number of rotatable bonds is 2. The molecule has 4 nitrogen and oxygen atoms in total. The second-order valence-electron chi connectivity index (χ2n) is 7.53. The number of fused-ring (bicyclic) bond motifs is 1. The molecule has 0 spiro atoms. The molecule has 0 atom stereocenters. The zero-order chi connectivity index (χ0) is 19.2. The minimum atomic E-state index is -0.246. The first-order chi connectivity index (χ1) is 12.8. The maximum absolute atomic E-state index is 13.1. The molecule has 2 aliphatic heterocycles. The third-order valence-corrected chi connectivity index (χ3v) is 7.44. The summed E-state index contributed by atoms with van der Waals surface area (Å²) in [7, 11) is 0. The van der Waals surface area contributed by atoms with Crippen molar-refractivity contribution in [2.45, 2.75) is 29.2 Å². The summed E-state index contributed by atoms with van der Waals surface area (Å²) in [6.07, 6.45) is 0.505. The molecule has 0 bridgehead atoms. The lowest BCUT2D eigenvalue weighted by Crippen LogP contribution is -2.48. The van der Waals surface area contributed by atoms with Gasteiger partial charge in [-0.05, 0) is 44.2 Å². The van der Waals surface area contributed by atoms with Crippen LogP contribution in [0.2, 0.25) is 0 Å². The minimum Gasteiger partial charge on any atom is -0.368 e. The van der Waals surface area contributed by atoms with Crippen LogP contribution in [0.4, 0.5) is 10.1 Å². The maximum atomic E-state index is 13.1. The van der Waals surface area contributed by atoms with Crippen LogP contribution in [0.15, 0.2) is 34.5 Å². The zero-order valence-electron chi connectivity index (χ0n) is 15.3. The van der Waals surface area contributed by atoms with Crippen molar-refractivity contribution in [2.24, 2.45) is 0 Å². The lowest BCUT2D eigenvalue weighted by atomic mass is 10.0. The number of ketones is 1. The van der Waals surface area contributed by atoms with Gasteiger partial charge in [-0.3, -0.25) is 9.59 Å². The van der Waals surface area contributed by atoms with Crippen LogP contribution in [0.5, 0.6) is 0 Å². The number of Topliss-reactive ketones (excluding diaryl/α,β-unsaturated/α-hetero) is 1. The van der Waals surface area contributed by atoms with Crippen molar-refractivity contribution in [1.82, 2.24) is 4.90 Å². The summed E-state index contributed by atoms with van der Waals surface area (Å²) in [6, 6.07) is 8.23. The van der Waals surface area contributed by atoms with E-state index in [1.165, 1.54) is 23.5 Å². The van der Waals surface area contributed by atoms with Gasteiger partial charge in [0, 0.05) is 48.6 Å². The number of amides is 1. The minimum absolute atomic E-state index is 0.000591. The van der Waals surface area contributed by atoms with Gasteiger partial charge in [0.15, 0.2) is 5.78 Å². The highest BCUT2D eigenvalue weighted by molar-refractivity contribution is 8.02. The molecule has 0 aliphatic carbocycles. The summed E-state index contributed by atoms with van der Waals surface area (Å²) >= 11 is 3.13. The van der Waals surface area contributed by atoms with Gasteiger partial charge in [0.1, 0.15) is 5.82 Å². The van der Waals surface area contributed by atoms with Gasteiger partial charge in [-0.25, -0.2) is 4.39 Å². The predicted molar refractivity (Wildman–Crippen MR) is 108 cm³/mol. The standard InChI is InChI=1S/C20H21FN2O2S2/c1-20(2)12-16(24)15-11-17(26-19(15)27-20)18(25)23-9-7-22(8-10-23)14-5-3-13(21)4-6-14/h3-6,11H,7-10,12H2,1-2H3. The average Bonchev–Trinajstić information content (AvgIpc) is 3.05. The van der Waals surface area contributed by atoms with Crippen LogP contribution < -0.4 is 4.90 Å². The Balaban J connectivity index is 1.44. The molecule has 1 saturated heterocycles. The van der Waals surface area contributed by atoms with E-state index in [1.807, 2.05) is 4.90 Å². The SMILES string of the molecule is CC1(C)CC(=O)c2cc(C(=O)N3CCN(c4ccc(F)cc4)CC3)sc2S1. The number of hydrogen-bond acceptors (Lipinski definition) is 5. The molecular weight excluding hydrogens is 383 g/mol. The molecule has 1 aromatic carbocycles. The smallest absolute Gasteiger partial charge is 0.264 e. The number of carbonyl (C=O) groups excluding carboxylic acids is 2. The van der Waals surface area contributed by atoms with Gasteiger partial charge in [0.05, 0.1) is 9.09 Å². The van der Waals surface area contributed by atoms with Gasteiger partial charge in [-0.2, -0.15) is 0 Å². The Morgan fingerprint density at radius 3 is 2.44 bits per heavy atom. The molecule has 4 rings (SSSR count). The van der Waals surface area contributed by atoms with Crippen LogP contribution in [-0.4, -0.2) is 47.5 Å². The van der Waals surface area contributed by atoms with E-state index < -0.39 is 0 Å². The lowest BCUT2D eigenvalue weighted by molar-refractivity contribution is 0.0751. The monoisotopic (exact) mass is 404 g/mol. The molecule has 0 saturated carbocycles. The Labute approximate surface area is 166 Å². The largest absolute Gasteiger partial charge is 0.368 e. The van der Waals surface area contributed by atoms with Crippen molar-refractivity contribution in [1.29, 1.82) is 0 Å². The molecule has 3 heterocycles. The van der Waals surface area contributed by atoms with Gasteiger partial charge >= 0.3 is 0 Å². The van der Waals surface area contributed by atoms with E-state index in [9.17, 15) is 14.0 Å². The topological polar surface area (TPSA) is 40.6 Å². The Morgan fingerprint density at radius 1 is 1.11 bits per heavy atom. The van der Waals surface area contributed by atoms with E-state index in [1.54, 1.807) is 30.0 Å². The molecule has 0 N–H and O–H groups in total. The lowest BCUT2D eigenvalue weighted by Gasteiger charge is -2.36. The number of piperazine rings is 1. The van der Waals surface area contributed by atoms with Crippen LogP contribution in [-0.2, 0) is 0 Å². The number of thioether (sulfide) groups is 1. The van der Waals surface area contributed by atoms with Crippen molar-refractivity contribution in [3.05, 3.63) is 46.6 Å². The van der Waals surface area contributed by atoms with Gasteiger partial charge in [-0.15, -0.1) is 23.1 Å². The summed E-state index contributed by atoms with van der Waals surface area (Å²) in [5.41, 5.74) is 1.68. The zero-order valence-corrected chi connectivity index (χ0v) is 17.0. The first-order valence-electron chi connectivity index (χ1n) is 8.98. The normalized spacial score (nSPS) is 19.1. The Kier molecular flexibility index (Phi) is 4.76. The number of hydrogen-bond donors (Lipinski definition) is 0. The molecule has 27 heavy (non-hydrogen) atoms. The summed E-state index contributed by atoms with van der Waals surface area (Å²) in [4.78, 5) is 29.9. The number of benzene rings is 1. The number of thiophene rings is 1. The van der Waals surface area contributed by atoms with Crippen molar-refractivity contribution in [3.8, 4) is 0 Å². The number of nitrogens with zero attached hydrogens (tertiary/aromatic N) is 2. The molecule has 1 fully saturated rings. The fourth-order valence-corrected chi connectivity index (χ4v) is 6.47. The summed E-state index contributed by atoms with van der Waals surface area (Å²) < 4.78 is 13.9. The summed E-state index contributed by atoms with van der Waals surface area (Å²) in [6.45, 7) is 6.78. The predicted octanol–water partition coefficient (Wildman–Crippen LogP) is 4.31. The van der Waals surface area contributed by atoms with Gasteiger partial charge in [0.2, 0.25) is 0 Å². The van der Waals surface area contributed by atoms with Crippen molar-refractivity contribution < 1.29 is 14.0 Å². The third kappa shape index (κ3) is 3.75. The van der Waals surface area contributed by atoms with Gasteiger partial charge in [0.25, 0.3) is 5.91 Å². The fourth-order valence-electron chi connectivity index (χ4n) is 3.49. The highest BCUT2D eigenvalue weighted by atomic mass is 32.2. The first-order valence-corrected chi connectivity index (χ1v) is 10.6. The maximum Gasteiger partial charge on any atom is 0.264 e. The number of carbonyl (C=O) groups is 2. The Bertz CT molecular complexity index is 884. The van der Waals surface area contributed by atoms with Crippen LogP contribution in [0, 0.1) is 5.82 Å². The number of anilines is 1.